The quantitative estimate of drug-likeness (QED) is 0.733. The highest BCUT2D eigenvalue weighted by Gasteiger charge is 2.14. The number of aromatic nitrogens is 2. The molecule has 0 bridgehead atoms. The van der Waals surface area contributed by atoms with Crippen LogP contribution < -0.4 is 0 Å². The van der Waals surface area contributed by atoms with Crippen LogP contribution in [0.15, 0.2) is 6.20 Å². The van der Waals surface area contributed by atoms with Crippen LogP contribution in [0.2, 0.25) is 0 Å². The number of carbonyl (C=O) groups excluding carboxylic acids is 1. The van der Waals surface area contributed by atoms with Gasteiger partial charge in [0.25, 0.3) is 0 Å². The molecule has 2 heterocycles. The van der Waals surface area contributed by atoms with Crippen molar-refractivity contribution in [2.75, 3.05) is 7.11 Å². The summed E-state index contributed by atoms with van der Waals surface area (Å²) in [4.78, 5) is 17.6. The summed E-state index contributed by atoms with van der Waals surface area (Å²) in [6, 6.07) is 0. The maximum Gasteiger partial charge on any atom is 0.358 e. The Bertz CT molecular complexity index is 513. The maximum absolute atomic E-state index is 11.3. The third-order valence-electron chi connectivity index (χ3n) is 2.37. The molecule has 0 unspecified atom stereocenters. The fraction of sp³-hybridized carbons (Fsp3) is 0.400. The first-order valence-corrected chi connectivity index (χ1v) is 5.54. The van der Waals surface area contributed by atoms with Crippen molar-refractivity contribution in [3.63, 3.8) is 0 Å². The Morgan fingerprint density at radius 1 is 1.67 bits per heavy atom. The monoisotopic (exact) mass is 224 g/mol. The summed E-state index contributed by atoms with van der Waals surface area (Å²) in [5, 5.41) is 0. The van der Waals surface area contributed by atoms with Crippen LogP contribution in [0.4, 0.5) is 0 Å². The lowest BCUT2D eigenvalue weighted by Crippen LogP contribution is -2.01. The van der Waals surface area contributed by atoms with Crippen molar-refractivity contribution in [3.8, 4) is 0 Å². The van der Waals surface area contributed by atoms with Gasteiger partial charge >= 0.3 is 5.97 Å². The summed E-state index contributed by atoms with van der Waals surface area (Å²) in [5.74, 6) is -0.386. The molecule has 0 saturated heterocycles. The molecule has 0 aliphatic carbocycles. The minimum atomic E-state index is -0.386. The molecule has 0 aromatic carbocycles. The van der Waals surface area contributed by atoms with Gasteiger partial charge in [-0.1, -0.05) is 6.92 Å². The molecule has 0 amide bonds. The number of aryl methyl sites for hydroxylation is 2. The highest BCUT2D eigenvalue weighted by Crippen LogP contribution is 2.23. The SMILES string of the molecule is CCc1sc2nc(C(=O)OC)cn2c1C. The van der Waals surface area contributed by atoms with Crippen molar-refractivity contribution >= 4 is 22.3 Å². The molecule has 0 fully saturated rings. The Morgan fingerprint density at radius 3 is 2.93 bits per heavy atom. The predicted molar refractivity (Wildman–Crippen MR) is 58.5 cm³/mol. The molecule has 2 aromatic heterocycles. The summed E-state index contributed by atoms with van der Waals surface area (Å²) in [6.07, 6.45) is 2.72. The van der Waals surface area contributed by atoms with Gasteiger partial charge in [0.15, 0.2) is 10.7 Å². The molecular weight excluding hydrogens is 212 g/mol. The Balaban J connectivity index is 2.54. The van der Waals surface area contributed by atoms with Crippen molar-refractivity contribution < 1.29 is 9.53 Å². The van der Waals surface area contributed by atoms with E-state index in [1.807, 2.05) is 11.3 Å². The molecule has 0 saturated carbocycles. The minimum absolute atomic E-state index is 0.370. The van der Waals surface area contributed by atoms with E-state index in [0.29, 0.717) is 5.69 Å². The second-order valence-electron chi connectivity index (χ2n) is 3.23. The molecule has 2 rings (SSSR count). The largest absolute Gasteiger partial charge is 0.464 e. The lowest BCUT2D eigenvalue weighted by Gasteiger charge is -1.93. The first-order valence-electron chi connectivity index (χ1n) is 4.73. The van der Waals surface area contributed by atoms with E-state index >= 15 is 0 Å². The Hall–Kier alpha value is -1.36. The van der Waals surface area contributed by atoms with Gasteiger partial charge in [-0.3, -0.25) is 4.40 Å². The van der Waals surface area contributed by atoms with Gasteiger partial charge < -0.3 is 4.74 Å². The topological polar surface area (TPSA) is 43.6 Å². The van der Waals surface area contributed by atoms with E-state index in [4.69, 9.17) is 0 Å². The summed E-state index contributed by atoms with van der Waals surface area (Å²) in [7, 11) is 1.36. The minimum Gasteiger partial charge on any atom is -0.464 e. The fourth-order valence-electron chi connectivity index (χ4n) is 1.52. The number of fused-ring (bicyclic) bond motifs is 1. The van der Waals surface area contributed by atoms with Crippen molar-refractivity contribution in [1.82, 2.24) is 9.38 Å². The molecule has 4 nitrogen and oxygen atoms in total. The van der Waals surface area contributed by atoms with E-state index in [1.165, 1.54) is 12.0 Å². The van der Waals surface area contributed by atoms with Crippen LogP contribution in [0.25, 0.3) is 4.96 Å². The lowest BCUT2D eigenvalue weighted by atomic mass is 10.3. The number of hydrogen-bond donors (Lipinski definition) is 0. The molecular formula is C10H12N2O2S. The van der Waals surface area contributed by atoms with E-state index in [9.17, 15) is 4.79 Å². The van der Waals surface area contributed by atoms with Crippen molar-refractivity contribution in [2.45, 2.75) is 20.3 Å². The molecule has 2 aromatic rings. The number of nitrogens with zero attached hydrogens (tertiary/aromatic N) is 2. The van der Waals surface area contributed by atoms with Crippen LogP contribution in [-0.2, 0) is 11.2 Å². The van der Waals surface area contributed by atoms with Crippen molar-refractivity contribution in [2.24, 2.45) is 0 Å². The molecule has 0 aliphatic rings. The van der Waals surface area contributed by atoms with E-state index < -0.39 is 0 Å². The second-order valence-corrected chi connectivity index (χ2v) is 4.30. The third kappa shape index (κ3) is 1.52. The maximum atomic E-state index is 11.3. The number of hydrogen-bond acceptors (Lipinski definition) is 4. The van der Waals surface area contributed by atoms with Gasteiger partial charge in [-0.25, -0.2) is 9.78 Å². The van der Waals surface area contributed by atoms with E-state index in [0.717, 1.165) is 17.1 Å². The van der Waals surface area contributed by atoms with Gasteiger partial charge in [0, 0.05) is 16.8 Å². The zero-order valence-corrected chi connectivity index (χ0v) is 9.72. The van der Waals surface area contributed by atoms with Crippen LogP contribution >= 0.6 is 11.3 Å². The summed E-state index contributed by atoms with van der Waals surface area (Å²) in [5.41, 5.74) is 1.52. The van der Waals surface area contributed by atoms with Gasteiger partial charge in [0.1, 0.15) is 0 Å². The number of thiazole rings is 1. The molecule has 5 heteroatoms. The molecule has 0 N–H and O–H groups in total. The second kappa shape index (κ2) is 3.66. The normalized spacial score (nSPS) is 10.9. The first-order chi connectivity index (χ1) is 7.17. The number of rotatable bonds is 2. The van der Waals surface area contributed by atoms with Gasteiger partial charge in [-0.2, -0.15) is 0 Å². The van der Waals surface area contributed by atoms with Crippen LogP contribution in [0.3, 0.4) is 0 Å². The Labute approximate surface area is 91.5 Å². The standard InChI is InChI=1S/C10H12N2O2S/c1-4-8-6(2)12-5-7(9(13)14-3)11-10(12)15-8/h5H,4H2,1-3H3. The van der Waals surface area contributed by atoms with Crippen LogP contribution in [0, 0.1) is 6.92 Å². The smallest absolute Gasteiger partial charge is 0.358 e. The molecule has 80 valence electrons. The van der Waals surface area contributed by atoms with Crippen LogP contribution in [0.5, 0.6) is 0 Å². The van der Waals surface area contributed by atoms with Crippen molar-refractivity contribution in [1.29, 1.82) is 0 Å². The average molecular weight is 224 g/mol. The van der Waals surface area contributed by atoms with Gasteiger partial charge in [-0.05, 0) is 13.3 Å². The highest BCUT2D eigenvalue weighted by molar-refractivity contribution is 7.17. The zero-order valence-electron chi connectivity index (χ0n) is 8.90. The Kier molecular flexibility index (Phi) is 2.48. The van der Waals surface area contributed by atoms with Crippen LogP contribution in [-0.4, -0.2) is 22.5 Å². The zero-order chi connectivity index (χ0) is 11.0. The first kappa shape index (κ1) is 10.2. The fourth-order valence-corrected chi connectivity index (χ4v) is 2.57. The number of carbonyl (C=O) groups is 1. The van der Waals surface area contributed by atoms with E-state index in [1.54, 1.807) is 17.5 Å². The van der Waals surface area contributed by atoms with Gasteiger partial charge in [-0.15, -0.1) is 11.3 Å². The molecule has 0 aliphatic heterocycles. The predicted octanol–water partition coefficient (Wildman–Crippen LogP) is 2.05. The number of imidazole rings is 1. The molecule has 15 heavy (non-hydrogen) atoms. The third-order valence-corrected chi connectivity index (χ3v) is 3.67. The van der Waals surface area contributed by atoms with Gasteiger partial charge in [0.2, 0.25) is 0 Å². The van der Waals surface area contributed by atoms with Gasteiger partial charge in [0.05, 0.1) is 7.11 Å². The lowest BCUT2D eigenvalue weighted by molar-refractivity contribution is 0.0595. The van der Waals surface area contributed by atoms with E-state index in [2.05, 4.69) is 16.6 Å². The summed E-state index contributed by atoms with van der Waals surface area (Å²) in [6.45, 7) is 4.14. The molecule has 0 radical (unpaired) electrons. The summed E-state index contributed by atoms with van der Waals surface area (Å²) >= 11 is 1.62. The summed E-state index contributed by atoms with van der Waals surface area (Å²) < 4.78 is 6.56. The van der Waals surface area contributed by atoms with E-state index in [-0.39, 0.29) is 5.97 Å². The number of esters is 1. The number of ether oxygens (including phenoxy) is 1. The average Bonchev–Trinajstić information content (AvgIpc) is 2.77. The molecule has 0 atom stereocenters. The molecule has 0 spiro atoms. The Morgan fingerprint density at radius 2 is 2.40 bits per heavy atom. The van der Waals surface area contributed by atoms with Crippen LogP contribution in [0.1, 0.15) is 28.0 Å². The van der Waals surface area contributed by atoms with Crippen molar-refractivity contribution in [3.05, 3.63) is 22.5 Å². The number of methoxy groups -OCH3 is 1. The highest BCUT2D eigenvalue weighted by atomic mass is 32.1.